The van der Waals surface area contributed by atoms with Gasteiger partial charge in [-0.25, -0.2) is 9.07 Å². The second-order valence-electron chi connectivity index (χ2n) is 8.60. The van der Waals surface area contributed by atoms with Crippen LogP contribution in [0.25, 0.3) is 16.6 Å². The molecular formula is C28H39FN4O2S. The van der Waals surface area contributed by atoms with Crippen LogP contribution in [0.1, 0.15) is 69.9 Å². The van der Waals surface area contributed by atoms with E-state index in [2.05, 4.69) is 46.5 Å². The van der Waals surface area contributed by atoms with Crippen LogP contribution in [0.5, 0.6) is 0 Å². The van der Waals surface area contributed by atoms with Crippen molar-refractivity contribution in [2.75, 3.05) is 6.61 Å². The fraction of sp³-hybridized carbons (Fsp3) is 0.464. The SMILES string of the molecule is C=S.CC.CCON[C@@H]1CCC2c3cc4cnn(-c5ccc(F)cc5)c4cc3CCCC2C1.NC=O. The van der Waals surface area contributed by atoms with Crippen molar-refractivity contribution in [2.45, 2.75) is 71.3 Å². The van der Waals surface area contributed by atoms with E-state index in [0.717, 1.165) is 24.0 Å². The van der Waals surface area contributed by atoms with Gasteiger partial charge in [0.1, 0.15) is 5.82 Å². The van der Waals surface area contributed by atoms with Crippen LogP contribution < -0.4 is 11.2 Å². The predicted octanol–water partition coefficient (Wildman–Crippen LogP) is 6.04. The number of rotatable bonds is 4. The molecule has 3 atom stereocenters. The highest BCUT2D eigenvalue weighted by atomic mass is 32.1. The number of amides is 1. The van der Waals surface area contributed by atoms with Crippen molar-refractivity contribution in [3.05, 3.63) is 59.5 Å². The summed E-state index contributed by atoms with van der Waals surface area (Å²) in [6, 6.07) is 11.7. The quantitative estimate of drug-likeness (QED) is 0.252. The van der Waals surface area contributed by atoms with Crippen molar-refractivity contribution in [1.82, 2.24) is 15.3 Å². The standard InChI is InChI=1S/C24H28FN3O.C2H6.CH3NO.CH2S/c1-2-29-27-20-8-11-22-16(12-20)4-3-5-17-14-24-18(13-23(17)22)15-26-28(24)21-9-6-19(25)7-10-21;1-2;2-1-3;1-2/h6-7,9-10,13-16,20,22,27H,2-5,8,11-12H2,1H3;1-2H3;1H,(H2,2,3);1H2/t16?,20-,22?;;;/m1.../s1. The Balaban J connectivity index is 0.000000596. The van der Waals surface area contributed by atoms with Crippen molar-refractivity contribution >= 4 is 35.4 Å². The molecule has 1 fully saturated rings. The highest BCUT2D eigenvalue weighted by Crippen LogP contribution is 2.45. The van der Waals surface area contributed by atoms with E-state index in [9.17, 15) is 4.39 Å². The minimum Gasteiger partial charge on any atom is -0.372 e. The van der Waals surface area contributed by atoms with E-state index in [0.29, 0.717) is 24.5 Å². The third kappa shape index (κ3) is 7.18. The van der Waals surface area contributed by atoms with Gasteiger partial charge < -0.3 is 10.6 Å². The number of aryl methyl sites for hydroxylation is 1. The molecule has 2 aliphatic rings. The number of carbonyl (C=O) groups excluding carboxylic acids is 1. The first-order valence-electron chi connectivity index (χ1n) is 12.7. The monoisotopic (exact) mass is 514 g/mol. The lowest BCUT2D eigenvalue weighted by Gasteiger charge is -2.36. The smallest absolute Gasteiger partial charge is 0.204 e. The molecule has 36 heavy (non-hydrogen) atoms. The van der Waals surface area contributed by atoms with Crippen LogP contribution in [0, 0.1) is 11.7 Å². The lowest BCUT2D eigenvalue weighted by atomic mass is 9.72. The maximum absolute atomic E-state index is 13.3. The summed E-state index contributed by atoms with van der Waals surface area (Å²) < 4.78 is 15.3. The molecule has 8 heteroatoms. The van der Waals surface area contributed by atoms with Crippen molar-refractivity contribution in [3.8, 4) is 5.69 Å². The molecule has 3 aromatic rings. The Morgan fingerprint density at radius 2 is 1.92 bits per heavy atom. The number of thiocarbonyl (C=S) groups is 1. The first kappa shape index (κ1) is 29.5. The third-order valence-corrected chi connectivity index (χ3v) is 6.70. The van der Waals surface area contributed by atoms with Gasteiger partial charge in [0, 0.05) is 11.4 Å². The van der Waals surface area contributed by atoms with Crippen LogP contribution in [-0.4, -0.2) is 34.7 Å². The Bertz CT molecular complexity index is 1070. The lowest BCUT2D eigenvalue weighted by Crippen LogP contribution is -2.36. The Labute approximate surface area is 219 Å². The molecule has 0 radical (unpaired) electrons. The molecule has 1 saturated carbocycles. The number of nitrogens with zero attached hydrogens (tertiary/aromatic N) is 2. The number of hydrogen-bond donors (Lipinski definition) is 2. The van der Waals surface area contributed by atoms with Crippen LogP contribution in [0.2, 0.25) is 0 Å². The van der Waals surface area contributed by atoms with Crippen LogP contribution >= 0.6 is 12.2 Å². The Morgan fingerprint density at radius 1 is 1.22 bits per heavy atom. The molecule has 1 aromatic heterocycles. The molecule has 0 saturated heterocycles. The van der Waals surface area contributed by atoms with Gasteiger partial charge in [-0.3, -0.25) is 4.79 Å². The topological polar surface area (TPSA) is 82.2 Å². The second-order valence-corrected chi connectivity index (χ2v) is 8.60. The number of nitrogens with two attached hydrogens (primary N) is 1. The first-order chi connectivity index (χ1) is 17.6. The molecule has 196 valence electrons. The largest absolute Gasteiger partial charge is 0.372 e. The molecule has 5 rings (SSSR count). The van der Waals surface area contributed by atoms with Crippen LogP contribution in [0.3, 0.4) is 0 Å². The van der Waals surface area contributed by atoms with Crippen molar-refractivity contribution in [1.29, 1.82) is 0 Å². The van der Waals surface area contributed by atoms with Gasteiger partial charge in [-0.2, -0.15) is 10.6 Å². The Morgan fingerprint density at radius 3 is 2.58 bits per heavy atom. The fourth-order valence-electron chi connectivity index (χ4n) is 5.34. The molecule has 0 spiro atoms. The summed E-state index contributed by atoms with van der Waals surface area (Å²) in [5, 5.41) is 5.78. The molecular weight excluding hydrogens is 475 g/mol. The summed E-state index contributed by atoms with van der Waals surface area (Å²) in [6.45, 7) is 6.74. The molecule has 0 bridgehead atoms. The molecule has 2 aromatic carbocycles. The van der Waals surface area contributed by atoms with Crippen molar-refractivity contribution < 1.29 is 14.0 Å². The summed E-state index contributed by atoms with van der Waals surface area (Å²) in [4.78, 5) is 14.1. The number of carbonyl (C=O) groups is 1. The maximum Gasteiger partial charge on any atom is 0.204 e. The van der Waals surface area contributed by atoms with Gasteiger partial charge in [-0.1, -0.05) is 26.1 Å². The van der Waals surface area contributed by atoms with Gasteiger partial charge in [0.25, 0.3) is 0 Å². The Kier molecular flexibility index (Phi) is 12.7. The van der Waals surface area contributed by atoms with Crippen LogP contribution in [0.15, 0.2) is 42.6 Å². The number of hydrogen-bond acceptors (Lipinski definition) is 5. The van der Waals surface area contributed by atoms with Gasteiger partial charge >= 0.3 is 0 Å². The van der Waals surface area contributed by atoms with Gasteiger partial charge in [0.05, 0.1) is 24.0 Å². The average Bonchev–Trinajstić information content (AvgIpc) is 3.24. The summed E-state index contributed by atoms with van der Waals surface area (Å²) >= 11 is 3.83. The van der Waals surface area contributed by atoms with Gasteiger partial charge in [-0.05, 0) is 111 Å². The summed E-state index contributed by atoms with van der Waals surface area (Å²) in [5.74, 6) is 3.96. The van der Waals surface area contributed by atoms with E-state index in [1.54, 1.807) is 12.1 Å². The van der Waals surface area contributed by atoms with E-state index in [4.69, 9.17) is 9.63 Å². The number of benzene rings is 2. The highest BCUT2D eigenvalue weighted by Gasteiger charge is 2.34. The van der Waals surface area contributed by atoms with Gasteiger partial charge in [-0.15, -0.1) is 0 Å². The summed E-state index contributed by atoms with van der Waals surface area (Å²) in [7, 11) is 0. The van der Waals surface area contributed by atoms with Crippen LogP contribution in [0.4, 0.5) is 4.39 Å². The lowest BCUT2D eigenvalue weighted by molar-refractivity contribution is -0.106. The fourth-order valence-corrected chi connectivity index (χ4v) is 5.34. The normalized spacial score (nSPS) is 20.1. The number of hydroxylamine groups is 1. The first-order valence-corrected chi connectivity index (χ1v) is 13.3. The number of fused-ring (bicyclic) bond motifs is 4. The molecule has 3 N–H and O–H groups in total. The zero-order valence-electron chi connectivity index (χ0n) is 21.6. The molecule has 1 heterocycles. The summed E-state index contributed by atoms with van der Waals surface area (Å²) in [5.41, 5.74) is 12.4. The third-order valence-electron chi connectivity index (χ3n) is 6.70. The predicted molar refractivity (Wildman–Crippen MR) is 149 cm³/mol. The molecule has 0 aliphatic heterocycles. The number of aromatic nitrogens is 2. The zero-order chi connectivity index (χ0) is 26.5. The molecule has 6 nitrogen and oxygen atoms in total. The number of halogens is 1. The highest BCUT2D eigenvalue weighted by molar-refractivity contribution is 7.77. The minimum absolute atomic E-state index is 0.223. The van der Waals surface area contributed by atoms with Crippen molar-refractivity contribution in [2.24, 2.45) is 11.7 Å². The van der Waals surface area contributed by atoms with Crippen LogP contribution in [-0.2, 0) is 16.1 Å². The average molecular weight is 515 g/mol. The molecule has 1 amide bonds. The maximum atomic E-state index is 13.3. The molecule has 2 aliphatic carbocycles. The zero-order valence-corrected chi connectivity index (χ0v) is 22.4. The number of primary amides is 1. The van der Waals surface area contributed by atoms with E-state index in [1.165, 1.54) is 54.3 Å². The Hall–Kier alpha value is -2.68. The van der Waals surface area contributed by atoms with E-state index < -0.39 is 0 Å². The second kappa shape index (κ2) is 15.4. The van der Waals surface area contributed by atoms with Gasteiger partial charge in [0.15, 0.2) is 0 Å². The minimum atomic E-state index is -0.223. The van der Waals surface area contributed by atoms with Crippen molar-refractivity contribution in [3.63, 3.8) is 0 Å². The van der Waals surface area contributed by atoms with Gasteiger partial charge in [0.2, 0.25) is 6.41 Å². The van der Waals surface area contributed by atoms with E-state index in [1.807, 2.05) is 31.6 Å². The molecule has 2 unspecified atom stereocenters. The van der Waals surface area contributed by atoms with E-state index in [-0.39, 0.29) is 12.2 Å². The number of nitrogens with one attached hydrogen (secondary N) is 1. The summed E-state index contributed by atoms with van der Waals surface area (Å²) in [6.07, 6.45) is 9.39. The van der Waals surface area contributed by atoms with E-state index >= 15 is 0 Å².